The van der Waals surface area contributed by atoms with E-state index in [2.05, 4.69) is 103 Å². The van der Waals surface area contributed by atoms with Crippen LogP contribution in [0.4, 0.5) is 20.8 Å². The van der Waals surface area contributed by atoms with E-state index in [1.807, 2.05) is 151 Å². The number of aromatic nitrogens is 3. The van der Waals surface area contributed by atoms with Gasteiger partial charge in [0, 0.05) is 378 Å². The van der Waals surface area contributed by atoms with E-state index in [1.54, 1.807) is 137 Å². The lowest BCUT2D eigenvalue weighted by Crippen LogP contribution is -2.56. The van der Waals surface area contributed by atoms with Gasteiger partial charge in [-0.15, -0.1) is 6.42 Å². The quantitative estimate of drug-likeness (QED) is 0.220. The number of rotatable bonds is 4. The van der Waals surface area contributed by atoms with E-state index in [9.17, 15) is 9.18 Å². The first kappa shape index (κ1) is 80.0. The first-order valence-electron chi connectivity index (χ1n) is 25.5. The molecule has 0 aromatic carbocycles. The Kier molecular flexibility index (Phi) is 41.6. The fourth-order valence-electron chi connectivity index (χ4n) is 9.62. The Morgan fingerprint density at radius 3 is 1.22 bits per heavy atom. The SMILES string of the molecule is C#Cc1ccc(N2C[C@@H]3C[C@H]2CN3C2COC2)nc1.CC(C)(C)OC(=O)N1C[C@@H]2C[C@H]1CN2.Fc1ccc(I)cn1.Ic1ccc(N2C[C@@H]3C[C@H]2CN3C2COC2)nc1.S=S=S=S=S=S=S=S=S=S=S=S=S=S=S=S=S=S=S=S=S=S=S=S=S=S=S=S=S=S. The molecule has 1 N–H and O–H groups in total. The van der Waals surface area contributed by atoms with Crippen molar-refractivity contribution in [2.75, 3.05) is 75.5 Å². The largest absolute Gasteiger partial charge is 0.444 e. The molecule has 46 heteroatoms. The number of amides is 1. The number of hydrogen-bond acceptors (Lipinski definition) is 14. The third kappa shape index (κ3) is 30.0. The van der Waals surface area contributed by atoms with Gasteiger partial charge in [-0.25, -0.2) is 19.7 Å². The summed E-state index contributed by atoms with van der Waals surface area (Å²) < 4.78 is 30.1. The van der Waals surface area contributed by atoms with Crippen LogP contribution in [0.5, 0.6) is 0 Å². The summed E-state index contributed by atoms with van der Waals surface area (Å²) in [5, 5.41) is 3.35. The van der Waals surface area contributed by atoms with E-state index in [4.69, 9.17) is 43.0 Å². The molecule has 8 saturated heterocycles. The van der Waals surface area contributed by atoms with Gasteiger partial charge in [-0.1, -0.05) is 5.92 Å². The van der Waals surface area contributed by atoms with Gasteiger partial charge in [0.15, 0.2) is 0 Å². The average molecular weight is 2000 g/mol. The molecule has 6 bridgehead atoms. The van der Waals surface area contributed by atoms with Crippen molar-refractivity contribution < 1.29 is 23.4 Å². The maximum atomic E-state index is 12.0. The molecule has 3 aromatic rings. The third-order valence-corrected chi connectivity index (χ3v) is 74.4. The zero-order valence-electron chi connectivity index (χ0n) is 46.2. The van der Waals surface area contributed by atoms with E-state index in [1.165, 1.54) is 53.0 Å². The molecule has 6 atom stereocenters. The Morgan fingerprint density at radius 1 is 0.551 bits per heavy atom. The topological polar surface area (TPSA) is 112 Å². The predicted molar refractivity (Wildman–Crippen MR) is 462 cm³/mol. The highest BCUT2D eigenvalue weighted by molar-refractivity contribution is 14.1. The highest BCUT2D eigenvalue weighted by Crippen LogP contribution is 2.37. The minimum atomic E-state index is -0.426. The smallest absolute Gasteiger partial charge is 0.410 e. The number of hydrogen-bond donors (Lipinski definition) is 1. The second kappa shape index (κ2) is 46.2. The minimum absolute atomic E-state index is 0.161. The standard InChI is InChI=1S/C15H17N3O.C13H16IN3O.C10H18N2O2.C5H3FIN.S30/c1-2-11-3-4-15(16-6-11)18-8-12-5-13(18)7-17(12)14-9-19-10-14;14-9-1-2-13(15-4-9)17-6-10-3-11(17)5-16(10)12-7-18-8-12;1-10(2,3)14-9(13)12-6-7-4-8(12)5-11-7;6-5-2-1-4(7)3-8-5;1-3-5-7-9-11-13-15-17-19-21-23-25-27-29-30-28-26-24-22-20-18-16-14-12-10-8-6-4-2/h1,3-4,6,12-14H,5,7-10H2;1-2,4,10-12H,3,5-8H2;7-8,11H,4-6H2,1-3H3;1-3H;/t12-,13-;10-,11-;7-,8-;;/m000../s1. The summed E-state index contributed by atoms with van der Waals surface area (Å²) >= 11 is 13.9. The molecule has 11 rings (SSSR count). The van der Waals surface area contributed by atoms with Gasteiger partial charge < -0.3 is 34.2 Å². The fraction of sp³-hybridized carbons (Fsp3) is 0.581. The Labute approximate surface area is 636 Å². The zero-order chi connectivity index (χ0) is 63.1. The highest BCUT2D eigenvalue weighted by Gasteiger charge is 2.49. The van der Waals surface area contributed by atoms with Gasteiger partial charge in [0.05, 0.1) is 38.5 Å². The van der Waals surface area contributed by atoms with Crippen LogP contribution in [0.1, 0.15) is 45.6 Å². The average Bonchev–Trinajstić information content (AvgIpc) is 1.85. The number of piperazine rings is 3. The molecule has 8 fully saturated rings. The molecular weight excluding hydrogens is 1940 g/mol. The van der Waals surface area contributed by atoms with E-state index in [-0.39, 0.29) is 11.7 Å². The molecule has 496 valence electrons. The molecule has 0 radical (unpaired) electrons. The number of halogens is 3. The van der Waals surface area contributed by atoms with Gasteiger partial charge in [0.2, 0.25) is 5.95 Å². The molecule has 11 heterocycles. The van der Waals surface area contributed by atoms with Crippen LogP contribution < -0.4 is 15.1 Å². The highest BCUT2D eigenvalue weighted by atomic mass is 127. The van der Waals surface area contributed by atoms with Gasteiger partial charge in [-0.2, -0.15) is 4.39 Å². The Balaban J connectivity index is 0.000000166. The van der Waals surface area contributed by atoms with Gasteiger partial charge >= 0.3 is 6.09 Å². The summed E-state index contributed by atoms with van der Waals surface area (Å²) in [4.78, 5) is 36.2. The summed E-state index contributed by atoms with van der Waals surface area (Å²) in [7, 11) is 49.1. The second-order valence-corrected chi connectivity index (χ2v) is 71.4. The number of anilines is 2. The molecule has 8 aliphatic rings. The molecule has 13 nitrogen and oxygen atoms in total. The predicted octanol–water partition coefficient (Wildman–Crippen LogP) is 4.79. The van der Waals surface area contributed by atoms with Crippen molar-refractivity contribution >= 4 is 334 Å². The lowest BCUT2D eigenvalue weighted by Gasteiger charge is -2.42. The van der Waals surface area contributed by atoms with Gasteiger partial charge in [-0.05, 0) is 122 Å². The first-order valence-corrected chi connectivity index (χ1v) is 66.3. The summed E-state index contributed by atoms with van der Waals surface area (Å²) in [6.07, 6.45) is 14.1. The minimum Gasteiger partial charge on any atom is -0.444 e. The molecule has 0 unspecified atom stereocenters. The van der Waals surface area contributed by atoms with Crippen LogP contribution in [0.25, 0.3) is 0 Å². The van der Waals surface area contributed by atoms with Crippen LogP contribution in [0.15, 0.2) is 55.0 Å². The Morgan fingerprint density at radius 2 is 0.955 bits per heavy atom. The normalized spacial score (nSPS) is 21.2. The summed E-state index contributed by atoms with van der Waals surface area (Å²) in [6, 6.07) is 16.2. The fourth-order valence-corrected chi connectivity index (χ4v) is 81.6. The molecule has 0 saturated carbocycles. The summed E-state index contributed by atoms with van der Waals surface area (Å²) in [5.74, 6) is 4.40. The van der Waals surface area contributed by atoms with Gasteiger partial charge in [-0.3, -0.25) is 9.80 Å². The summed E-state index contributed by atoms with van der Waals surface area (Å²) in [6.45, 7) is 15.7. The maximum Gasteiger partial charge on any atom is 0.410 e. The van der Waals surface area contributed by atoms with Crippen molar-refractivity contribution in [1.29, 1.82) is 0 Å². The Bertz CT molecular complexity index is 4200. The second-order valence-electron chi connectivity index (χ2n) is 19.4. The monoisotopic (exact) mass is 1990 g/mol. The van der Waals surface area contributed by atoms with Crippen LogP contribution in [0, 0.1) is 25.4 Å². The lowest BCUT2D eigenvalue weighted by atomic mass is 10.1. The molecule has 3 aromatic heterocycles. The lowest BCUT2D eigenvalue weighted by molar-refractivity contribution is -0.0708. The maximum absolute atomic E-state index is 12.0. The number of fused-ring (bicyclic) bond motifs is 6. The van der Waals surface area contributed by atoms with Crippen LogP contribution in [-0.2, 0) is 285 Å². The van der Waals surface area contributed by atoms with Crippen LogP contribution >= 0.6 is 45.2 Å². The van der Waals surface area contributed by atoms with Crippen molar-refractivity contribution in [3.05, 3.63) is 73.6 Å². The van der Waals surface area contributed by atoms with Crippen molar-refractivity contribution in [2.24, 2.45) is 0 Å². The number of carbonyl (C=O) groups is 1. The van der Waals surface area contributed by atoms with Crippen LogP contribution in [0.3, 0.4) is 0 Å². The third-order valence-electron chi connectivity index (χ3n) is 13.1. The molecule has 8 aliphatic heterocycles. The van der Waals surface area contributed by atoms with E-state index in [0.29, 0.717) is 48.3 Å². The van der Waals surface area contributed by atoms with E-state index >= 15 is 0 Å². The van der Waals surface area contributed by atoms with E-state index in [0.717, 1.165) is 86.3 Å². The summed E-state index contributed by atoms with van der Waals surface area (Å²) in [5.41, 5.74) is 0.466. The number of terminal acetylenes is 1. The number of ether oxygens (including phenoxy) is 3. The van der Waals surface area contributed by atoms with Gasteiger partial charge in [0.25, 0.3) is 0 Å². The van der Waals surface area contributed by atoms with Crippen molar-refractivity contribution in [3.63, 3.8) is 0 Å². The number of nitrogens with one attached hydrogen (secondary N) is 1. The zero-order valence-corrected chi connectivity index (χ0v) is 75.0. The van der Waals surface area contributed by atoms with Crippen LogP contribution in [0.2, 0.25) is 0 Å². The van der Waals surface area contributed by atoms with Crippen molar-refractivity contribution in [2.45, 2.75) is 94.0 Å². The number of carbonyl (C=O) groups excluding carboxylic acids is 1. The molecule has 1 amide bonds. The van der Waals surface area contributed by atoms with Crippen molar-refractivity contribution in [3.8, 4) is 12.3 Å². The van der Waals surface area contributed by atoms with E-state index < -0.39 is 5.95 Å². The Hall–Kier alpha value is 3.67. The van der Waals surface area contributed by atoms with Crippen molar-refractivity contribution in [1.82, 2.24) is 35.0 Å². The number of pyridine rings is 3. The van der Waals surface area contributed by atoms with Crippen LogP contribution in [-0.4, -0.2) is 155 Å². The number of likely N-dealkylation sites (tertiary alicyclic amines) is 3. The van der Waals surface area contributed by atoms with Gasteiger partial charge in [0.1, 0.15) is 17.2 Å². The molecule has 0 aliphatic carbocycles. The molecule has 0 spiro atoms. The number of nitrogens with zero attached hydrogens (tertiary/aromatic N) is 8. The molecular formula is C43H54FI2N9O4S30. The molecule has 89 heavy (non-hydrogen) atoms. The first-order chi connectivity index (χ1) is 43.3.